The molecule has 2 N–H and O–H groups in total. The van der Waals surface area contributed by atoms with Crippen molar-refractivity contribution in [3.8, 4) is 5.75 Å². The minimum absolute atomic E-state index is 0.00429. The molecule has 0 radical (unpaired) electrons. The first kappa shape index (κ1) is 14.1. The number of aliphatic carboxylic acids is 1. The van der Waals surface area contributed by atoms with Gasteiger partial charge in [-0.15, -0.1) is 0 Å². The predicted molar refractivity (Wildman–Crippen MR) is 72.0 cm³/mol. The Kier molecular flexibility index (Phi) is 4.07. The molecule has 1 fully saturated rings. The molecule has 7 nitrogen and oxygen atoms in total. The van der Waals surface area contributed by atoms with Crippen LogP contribution in [0.15, 0.2) is 18.2 Å². The van der Waals surface area contributed by atoms with E-state index in [-0.39, 0.29) is 18.2 Å². The van der Waals surface area contributed by atoms with Crippen LogP contribution in [0, 0.1) is 16.0 Å². The van der Waals surface area contributed by atoms with Gasteiger partial charge in [0.25, 0.3) is 5.69 Å². The molecule has 1 aromatic rings. The van der Waals surface area contributed by atoms with Crippen molar-refractivity contribution in [2.45, 2.75) is 25.3 Å². The van der Waals surface area contributed by atoms with E-state index in [0.717, 1.165) is 12.8 Å². The van der Waals surface area contributed by atoms with Gasteiger partial charge in [0.05, 0.1) is 24.5 Å². The summed E-state index contributed by atoms with van der Waals surface area (Å²) < 4.78 is 5.02. The number of carboxylic acid groups (broad SMARTS) is 1. The number of carbonyl (C=O) groups is 1. The average Bonchev–Trinajstić information content (AvgIpc) is 3.21. The molecule has 108 valence electrons. The summed E-state index contributed by atoms with van der Waals surface area (Å²) in [7, 11) is 1.43. The topological polar surface area (TPSA) is 102 Å². The first-order valence-corrected chi connectivity index (χ1v) is 6.31. The summed E-state index contributed by atoms with van der Waals surface area (Å²) in [5.41, 5.74) is 0.422. The number of anilines is 1. The van der Waals surface area contributed by atoms with Gasteiger partial charge in [0, 0.05) is 23.9 Å². The lowest BCUT2D eigenvalue weighted by Gasteiger charge is -2.18. The Hall–Kier alpha value is -2.31. The van der Waals surface area contributed by atoms with Gasteiger partial charge in [0.1, 0.15) is 5.75 Å². The van der Waals surface area contributed by atoms with Crippen molar-refractivity contribution in [2.75, 3.05) is 12.4 Å². The zero-order chi connectivity index (χ0) is 14.7. The third-order valence-corrected chi connectivity index (χ3v) is 3.28. The second kappa shape index (κ2) is 5.77. The fourth-order valence-electron chi connectivity index (χ4n) is 2.13. The molecule has 0 amide bonds. The lowest BCUT2D eigenvalue weighted by atomic mass is 10.1. The smallest absolute Gasteiger partial charge is 0.305 e. The molecule has 20 heavy (non-hydrogen) atoms. The number of methoxy groups -OCH3 is 1. The van der Waals surface area contributed by atoms with Gasteiger partial charge < -0.3 is 15.2 Å². The van der Waals surface area contributed by atoms with E-state index in [9.17, 15) is 14.9 Å². The Labute approximate surface area is 115 Å². The molecule has 1 saturated carbocycles. The van der Waals surface area contributed by atoms with Crippen LogP contribution in [0.5, 0.6) is 5.75 Å². The lowest BCUT2D eigenvalue weighted by molar-refractivity contribution is -0.384. The molecule has 0 aliphatic heterocycles. The van der Waals surface area contributed by atoms with Crippen molar-refractivity contribution < 1.29 is 19.6 Å². The molecule has 0 bridgehead atoms. The first-order chi connectivity index (χ1) is 9.49. The number of nitro benzene ring substituents is 1. The standard InChI is InChI=1S/C13H16N2O5/c1-20-11-5-9(4-10(6-11)15(18)19)14-12(7-13(16)17)8-2-3-8/h4-6,8,12,14H,2-3,7H2,1H3,(H,16,17). The summed E-state index contributed by atoms with van der Waals surface area (Å²) in [5, 5.41) is 22.8. The minimum Gasteiger partial charge on any atom is -0.496 e. The third-order valence-electron chi connectivity index (χ3n) is 3.28. The number of non-ortho nitro benzene ring substituents is 1. The molecule has 1 atom stereocenters. The van der Waals surface area contributed by atoms with E-state index in [1.165, 1.54) is 19.2 Å². The van der Waals surface area contributed by atoms with Crippen LogP contribution in [0.25, 0.3) is 0 Å². The number of nitrogens with zero attached hydrogens (tertiary/aromatic N) is 1. The molecule has 0 spiro atoms. The van der Waals surface area contributed by atoms with Crippen LogP contribution in [0.3, 0.4) is 0 Å². The van der Waals surface area contributed by atoms with Crippen molar-refractivity contribution in [3.05, 3.63) is 28.3 Å². The molecule has 7 heteroatoms. The van der Waals surface area contributed by atoms with Crippen LogP contribution in [0.1, 0.15) is 19.3 Å². The van der Waals surface area contributed by atoms with Gasteiger partial charge in [0.2, 0.25) is 0 Å². The molecule has 1 aliphatic carbocycles. The van der Waals surface area contributed by atoms with Crippen molar-refractivity contribution >= 4 is 17.3 Å². The van der Waals surface area contributed by atoms with Crippen molar-refractivity contribution in [1.82, 2.24) is 0 Å². The zero-order valence-corrected chi connectivity index (χ0v) is 11.0. The molecule has 1 aliphatic rings. The van der Waals surface area contributed by atoms with Crippen molar-refractivity contribution in [3.63, 3.8) is 0 Å². The van der Waals surface area contributed by atoms with Gasteiger partial charge in [-0.2, -0.15) is 0 Å². The van der Waals surface area contributed by atoms with E-state index in [1.54, 1.807) is 6.07 Å². The maximum atomic E-state index is 10.9. The fourth-order valence-corrected chi connectivity index (χ4v) is 2.13. The third kappa shape index (κ3) is 3.59. The number of nitro groups is 1. The molecule has 0 heterocycles. The van der Waals surface area contributed by atoms with Crippen molar-refractivity contribution in [2.24, 2.45) is 5.92 Å². The Morgan fingerprint density at radius 3 is 2.75 bits per heavy atom. The highest BCUT2D eigenvalue weighted by atomic mass is 16.6. The number of hydrogen-bond acceptors (Lipinski definition) is 5. The number of carboxylic acids is 1. The maximum absolute atomic E-state index is 10.9. The SMILES string of the molecule is COc1cc(NC(CC(=O)O)C2CC2)cc([N+](=O)[O-])c1. The summed E-state index contributed by atoms with van der Waals surface area (Å²) >= 11 is 0. The van der Waals surface area contributed by atoms with E-state index in [1.807, 2.05) is 0 Å². The maximum Gasteiger partial charge on any atom is 0.305 e. The van der Waals surface area contributed by atoms with Gasteiger partial charge in [-0.05, 0) is 18.8 Å². The predicted octanol–water partition coefficient (Wildman–Crippen LogP) is 2.27. The van der Waals surface area contributed by atoms with E-state index in [0.29, 0.717) is 17.4 Å². The highest BCUT2D eigenvalue weighted by Crippen LogP contribution is 2.36. The fraction of sp³-hybridized carbons (Fsp3) is 0.462. The Morgan fingerprint density at radius 2 is 2.25 bits per heavy atom. The molecular formula is C13H16N2O5. The molecular weight excluding hydrogens is 264 g/mol. The molecule has 0 saturated heterocycles. The van der Waals surface area contributed by atoms with E-state index in [2.05, 4.69) is 5.32 Å². The van der Waals surface area contributed by atoms with Crippen LogP contribution in [0.2, 0.25) is 0 Å². The lowest BCUT2D eigenvalue weighted by Crippen LogP contribution is -2.25. The van der Waals surface area contributed by atoms with Crippen LogP contribution < -0.4 is 10.1 Å². The number of hydrogen-bond donors (Lipinski definition) is 2. The Morgan fingerprint density at radius 1 is 1.55 bits per heavy atom. The van der Waals surface area contributed by atoms with Gasteiger partial charge >= 0.3 is 5.97 Å². The summed E-state index contributed by atoms with van der Waals surface area (Å²) in [5.74, 6) is -0.199. The van der Waals surface area contributed by atoms with E-state index in [4.69, 9.17) is 9.84 Å². The second-order valence-corrected chi connectivity index (χ2v) is 4.86. The zero-order valence-electron chi connectivity index (χ0n) is 11.0. The van der Waals surface area contributed by atoms with Crippen molar-refractivity contribution in [1.29, 1.82) is 0 Å². The number of nitrogens with one attached hydrogen (secondary N) is 1. The quantitative estimate of drug-likeness (QED) is 0.586. The van der Waals surface area contributed by atoms with E-state index >= 15 is 0 Å². The monoisotopic (exact) mass is 280 g/mol. The largest absolute Gasteiger partial charge is 0.496 e. The summed E-state index contributed by atoms with van der Waals surface area (Å²) in [6, 6.07) is 4.14. The highest BCUT2D eigenvalue weighted by molar-refractivity contribution is 5.69. The number of benzene rings is 1. The highest BCUT2D eigenvalue weighted by Gasteiger charge is 2.32. The molecule has 0 aromatic heterocycles. The Balaban J connectivity index is 2.19. The first-order valence-electron chi connectivity index (χ1n) is 6.31. The minimum atomic E-state index is -0.883. The van der Waals surface area contributed by atoms with Crippen LogP contribution in [-0.2, 0) is 4.79 Å². The molecule has 2 rings (SSSR count). The van der Waals surface area contributed by atoms with Crippen LogP contribution in [0.4, 0.5) is 11.4 Å². The van der Waals surface area contributed by atoms with Crippen LogP contribution >= 0.6 is 0 Å². The average molecular weight is 280 g/mol. The Bertz CT molecular complexity index is 527. The van der Waals surface area contributed by atoms with Gasteiger partial charge in [-0.3, -0.25) is 14.9 Å². The van der Waals surface area contributed by atoms with Gasteiger partial charge in [0.15, 0.2) is 0 Å². The number of ether oxygens (including phenoxy) is 1. The summed E-state index contributed by atoms with van der Waals surface area (Å²) in [6.45, 7) is 0. The molecule has 1 aromatic carbocycles. The second-order valence-electron chi connectivity index (χ2n) is 4.86. The van der Waals surface area contributed by atoms with Gasteiger partial charge in [-0.25, -0.2) is 0 Å². The number of rotatable bonds is 7. The van der Waals surface area contributed by atoms with Gasteiger partial charge in [-0.1, -0.05) is 0 Å². The van der Waals surface area contributed by atoms with Crippen LogP contribution in [-0.4, -0.2) is 29.2 Å². The van der Waals surface area contributed by atoms with E-state index < -0.39 is 10.9 Å². The summed E-state index contributed by atoms with van der Waals surface area (Å²) in [4.78, 5) is 21.2. The summed E-state index contributed by atoms with van der Waals surface area (Å²) in [6.07, 6.45) is 1.96. The normalized spacial score (nSPS) is 15.4. The molecule has 1 unspecified atom stereocenters.